The van der Waals surface area contributed by atoms with Crippen molar-refractivity contribution in [1.82, 2.24) is 0 Å². The van der Waals surface area contributed by atoms with Crippen LogP contribution in [0.3, 0.4) is 0 Å². The molecule has 17 heavy (non-hydrogen) atoms. The zero-order valence-electron chi connectivity index (χ0n) is 11.0. The molecule has 2 heteroatoms. The van der Waals surface area contributed by atoms with Crippen molar-refractivity contribution < 1.29 is 5.11 Å². The summed E-state index contributed by atoms with van der Waals surface area (Å²) in [5.41, 5.74) is 1.15. The van der Waals surface area contributed by atoms with Crippen molar-refractivity contribution in [2.75, 3.05) is 6.61 Å². The summed E-state index contributed by atoms with van der Waals surface area (Å²) in [6.07, 6.45) is 2.23. The van der Waals surface area contributed by atoms with Crippen molar-refractivity contribution in [3.05, 3.63) is 34.9 Å². The van der Waals surface area contributed by atoms with E-state index in [1.54, 1.807) is 0 Å². The van der Waals surface area contributed by atoms with E-state index in [2.05, 4.69) is 26.8 Å². The second kappa shape index (κ2) is 7.03. The Morgan fingerprint density at radius 1 is 1.18 bits per heavy atom. The molecular weight excluding hydrogens is 232 g/mol. The molecule has 0 spiro atoms. The van der Waals surface area contributed by atoms with Crippen LogP contribution in [0.15, 0.2) is 24.3 Å². The lowest BCUT2D eigenvalue weighted by atomic mass is 9.86. The van der Waals surface area contributed by atoms with E-state index >= 15 is 0 Å². The monoisotopic (exact) mass is 254 g/mol. The molecule has 0 aromatic heterocycles. The van der Waals surface area contributed by atoms with E-state index in [-0.39, 0.29) is 12.5 Å². The van der Waals surface area contributed by atoms with E-state index in [0.29, 0.717) is 11.8 Å². The molecule has 0 aliphatic carbocycles. The predicted octanol–water partition coefficient (Wildman–Crippen LogP) is 4.49. The lowest BCUT2D eigenvalue weighted by molar-refractivity contribution is 0.239. The van der Waals surface area contributed by atoms with Gasteiger partial charge in [0, 0.05) is 17.5 Å². The second-order valence-corrected chi connectivity index (χ2v) is 5.84. The Morgan fingerprint density at radius 3 is 2.41 bits per heavy atom. The SMILES string of the molecule is CC(C)CC(C)CC(CO)c1cccc(Cl)c1. The molecule has 0 fully saturated rings. The largest absolute Gasteiger partial charge is 0.396 e. The van der Waals surface area contributed by atoms with Crippen LogP contribution in [0.4, 0.5) is 0 Å². The van der Waals surface area contributed by atoms with Crippen molar-refractivity contribution in [3.8, 4) is 0 Å². The van der Waals surface area contributed by atoms with Gasteiger partial charge in [-0.05, 0) is 42.4 Å². The van der Waals surface area contributed by atoms with Crippen LogP contribution in [-0.2, 0) is 0 Å². The highest BCUT2D eigenvalue weighted by Crippen LogP contribution is 2.28. The second-order valence-electron chi connectivity index (χ2n) is 5.40. The summed E-state index contributed by atoms with van der Waals surface area (Å²) in [4.78, 5) is 0. The minimum atomic E-state index is 0.197. The third kappa shape index (κ3) is 5.10. The first-order valence-corrected chi connectivity index (χ1v) is 6.77. The third-order valence-electron chi connectivity index (χ3n) is 3.10. The Bertz CT molecular complexity index is 335. The molecular formula is C15H23ClO. The van der Waals surface area contributed by atoms with Gasteiger partial charge in [-0.3, -0.25) is 0 Å². The first kappa shape index (κ1) is 14.5. The first-order valence-electron chi connectivity index (χ1n) is 6.39. The molecule has 1 nitrogen and oxygen atoms in total. The number of benzene rings is 1. The van der Waals surface area contributed by atoms with Gasteiger partial charge < -0.3 is 5.11 Å². The van der Waals surface area contributed by atoms with E-state index in [9.17, 15) is 5.11 Å². The molecule has 1 rings (SSSR count). The summed E-state index contributed by atoms with van der Waals surface area (Å²) in [5, 5.41) is 10.3. The van der Waals surface area contributed by atoms with Gasteiger partial charge in [0.05, 0.1) is 0 Å². The number of halogens is 1. The fourth-order valence-corrected chi connectivity index (χ4v) is 2.66. The molecule has 0 saturated carbocycles. The van der Waals surface area contributed by atoms with Crippen LogP contribution in [0.25, 0.3) is 0 Å². The first-order chi connectivity index (χ1) is 8.02. The molecule has 0 heterocycles. The fraction of sp³-hybridized carbons (Fsp3) is 0.600. The van der Waals surface area contributed by atoms with Gasteiger partial charge in [0.25, 0.3) is 0 Å². The van der Waals surface area contributed by atoms with Crippen LogP contribution in [0.1, 0.15) is 45.1 Å². The molecule has 1 N–H and O–H groups in total. The summed E-state index contributed by atoms with van der Waals surface area (Å²) in [6.45, 7) is 6.93. The van der Waals surface area contributed by atoms with E-state index in [4.69, 9.17) is 11.6 Å². The van der Waals surface area contributed by atoms with Crippen LogP contribution in [-0.4, -0.2) is 11.7 Å². The molecule has 1 aromatic rings. The topological polar surface area (TPSA) is 20.2 Å². The molecule has 0 aliphatic heterocycles. The lowest BCUT2D eigenvalue weighted by Gasteiger charge is -2.21. The van der Waals surface area contributed by atoms with Gasteiger partial charge in [-0.25, -0.2) is 0 Å². The van der Waals surface area contributed by atoms with Crippen molar-refractivity contribution >= 4 is 11.6 Å². The Balaban J connectivity index is 2.65. The molecule has 0 radical (unpaired) electrons. The van der Waals surface area contributed by atoms with E-state index in [0.717, 1.165) is 17.0 Å². The lowest BCUT2D eigenvalue weighted by Crippen LogP contribution is -2.11. The van der Waals surface area contributed by atoms with Crippen LogP contribution >= 0.6 is 11.6 Å². The zero-order valence-corrected chi connectivity index (χ0v) is 11.7. The summed E-state index contributed by atoms with van der Waals surface area (Å²) in [5.74, 6) is 1.55. The Kier molecular flexibility index (Phi) is 6.01. The molecule has 0 saturated heterocycles. The molecule has 0 amide bonds. The minimum absolute atomic E-state index is 0.197. The average molecular weight is 255 g/mol. The standard InChI is InChI=1S/C15H23ClO/c1-11(2)7-12(3)8-14(10-17)13-5-4-6-15(16)9-13/h4-6,9,11-12,14,17H,7-8,10H2,1-3H3. The summed E-state index contributed by atoms with van der Waals surface area (Å²) < 4.78 is 0. The van der Waals surface area contributed by atoms with E-state index in [1.165, 1.54) is 6.42 Å². The number of hydrogen-bond acceptors (Lipinski definition) is 1. The number of aliphatic hydroxyl groups excluding tert-OH is 1. The Morgan fingerprint density at radius 2 is 1.88 bits per heavy atom. The highest BCUT2D eigenvalue weighted by atomic mass is 35.5. The van der Waals surface area contributed by atoms with Gasteiger partial charge in [-0.15, -0.1) is 0 Å². The average Bonchev–Trinajstić information content (AvgIpc) is 2.24. The van der Waals surface area contributed by atoms with Crippen molar-refractivity contribution in [1.29, 1.82) is 0 Å². The molecule has 2 unspecified atom stereocenters. The number of aliphatic hydroxyl groups is 1. The third-order valence-corrected chi connectivity index (χ3v) is 3.34. The molecule has 1 aromatic carbocycles. The van der Waals surface area contributed by atoms with Crippen LogP contribution < -0.4 is 0 Å². The van der Waals surface area contributed by atoms with E-state index in [1.807, 2.05) is 18.2 Å². The summed E-state index contributed by atoms with van der Waals surface area (Å²) in [7, 11) is 0. The Hall–Kier alpha value is -0.530. The molecule has 0 bridgehead atoms. The quantitative estimate of drug-likeness (QED) is 0.793. The smallest absolute Gasteiger partial charge is 0.0499 e. The van der Waals surface area contributed by atoms with Gasteiger partial charge in [0.2, 0.25) is 0 Å². The fourth-order valence-electron chi connectivity index (χ4n) is 2.46. The van der Waals surface area contributed by atoms with Crippen molar-refractivity contribution in [2.24, 2.45) is 11.8 Å². The van der Waals surface area contributed by atoms with E-state index < -0.39 is 0 Å². The predicted molar refractivity (Wildman–Crippen MR) is 74.5 cm³/mol. The van der Waals surface area contributed by atoms with Crippen LogP contribution in [0.2, 0.25) is 5.02 Å². The normalized spacial score (nSPS) is 14.9. The van der Waals surface area contributed by atoms with Crippen molar-refractivity contribution in [2.45, 2.75) is 39.5 Å². The molecule has 0 aliphatic rings. The van der Waals surface area contributed by atoms with Gasteiger partial charge in [-0.2, -0.15) is 0 Å². The number of hydrogen-bond donors (Lipinski definition) is 1. The van der Waals surface area contributed by atoms with Gasteiger partial charge >= 0.3 is 0 Å². The van der Waals surface area contributed by atoms with Gasteiger partial charge in [-0.1, -0.05) is 44.5 Å². The Labute approximate surface area is 110 Å². The molecule has 96 valence electrons. The zero-order chi connectivity index (χ0) is 12.8. The minimum Gasteiger partial charge on any atom is -0.396 e. The summed E-state index contributed by atoms with van der Waals surface area (Å²) >= 11 is 5.99. The highest BCUT2D eigenvalue weighted by molar-refractivity contribution is 6.30. The van der Waals surface area contributed by atoms with Crippen LogP contribution in [0.5, 0.6) is 0 Å². The van der Waals surface area contributed by atoms with Gasteiger partial charge in [0.15, 0.2) is 0 Å². The highest BCUT2D eigenvalue weighted by Gasteiger charge is 2.15. The maximum absolute atomic E-state index is 9.51. The van der Waals surface area contributed by atoms with Gasteiger partial charge in [0.1, 0.15) is 0 Å². The van der Waals surface area contributed by atoms with Crippen LogP contribution in [0, 0.1) is 11.8 Å². The maximum Gasteiger partial charge on any atom is 0.0499 e. The number of rotatable bonds is 6. The molecule has 2 atom stereocenters. The summed E-state index contributed by atoms with van der Waals surface area (Å²) in [6, 6.07) is 7.84. The van der Waals surface area contributed by atoms with Crippen molar-refractivity contribution in [3.63, 3.8) is 0 Å². The maximum atomic E-state index is 9.51.